The van der Waals surface area contributed by atoms with E-state index in [4.69, 9.17) is 61.3 Å². The Hall–Kier alpha value is -12.1. The Labute approximate surface area is 617 Å². The van der Waals surface area contributed by atoms with E-state index in [1.807, 2.05) is 0 Å². The van der Waals surface area contributed by atoms with Crippen molar-refractivity contribution in [3.8, 4) is 0 Å². The first-order chi connectivity index (χ1) is 48.5. The van der Waals surface area contributed by atoms with Gasteiger partial charge in [0.2, 0.25) is 0 Å². The molecule has 0 aliphatic heterocycles. The topological polar surface area (TPSA) is 737 Å². The van der Waals surface area contributed by atoms with Crippen molar-refractivity contribution in [2.45, 2.75) is 77.5 Å². The van der Waals surface area contributed by atoms with Gasteiger partial charge >= 0.3 is 88.7 Å². The van der Waals surface area contributed by atoms with Crippen molar-refractivity contribution in [1.29, 1.82) is 0 Å². The Kier molecular flexibility index (Phi) is 45.8. The molecule has 1 radical (unpaired) electrons. The number of quaternary nitrogens is 1. The summed E-state index contributed by atoms with van der Waals surface area (Å²) < 4.78 is 0. The number of carboxylic acids is 16. The Morgan fingerprint density at radius 2 is 0.458 bits per heavy atom. The SMILES string of the molecule is CC(c1c(NCC(=O)O)cccc1C(=O)[O-])N(CCC(=O)O)CC(=O)O.CC(c1c(NCC(=O)O)cccc1C(=O)[O-])N(CCC(=O)O)CC(=O)O.CC(c1c(NCC(=O)O)cccc1C(=O)[O-])N(CCC(=O)O)CC(=O)O.CC(c1c(NCC(=O)O)cccc1C(=O)[O-])N(CCC(=O)O)CC(=O)O.O.[Fe+3].[NH4+]. The van der Waals surface area contributed by atoms with Crippen LogP contribution in [0.5, 0.6) is 0 Å². The van der Waals surface area contributed by atoms with Crippen LogP contribution in [0, 0.1) is 0 Å². The molecule has 4 rings (SSSR count). The fourth-order valence-corrected chi connectivity index (χ4v) is 10.1. The van der Waals surface area contributed by atoms with Crippen molar-refractivity contribution in [2.75, 3.05) is 99.8 Å². The van der Waals surface area contributed by atoms with Gasteiger partial charge in [-0.05, 0) is 52.0 Å². The molecule has 4 atom stereocenters. The van der Waals surface area contributed by atoms with Gasteiger partial charge in [-0.15, -0.1) is 0 Å². The fraction of sp³-hybridized carbons (Fsp3) is 0.375. The van der Waals surface area contributed by atoms with Gasteiger partial charge in [0.15, 0.2) is 0 Å². The molecular formula is C64H82FeN9O33. The monoisotopic (exact) mass is 1560 g/mol. The number of hydrogen-bond donors (Lipinski definition) is 17. The van der Waals surface area contributed by atoms with Gasteiger partial charge in [0, 0.05) is 118 Å². The first-order valence-electron chi connectivity index (χ1n) is 30.4. The number of nitrogens with zero attached hydrogens (tertiary/aromatic N) is 4. The second kappa shape index (κ2) is 49.5. The molecule has 0 heterocycles. The molecule has 0 spiro atoms. The van der Waals surface area contributed by atoms with E-state index < -0.39 is 172 Å². The van der Waals surface area contributed by atoms with Gasteiger partial charge in [0.05, 0.1) is 75.7 Å². The summed E-state index contributed by atoms with van der Waals surface area (Å²) in [6.45, 7) is 1.50. The van der Waals surface area contributed by atoms with Crippen LogP contribution in [0.1, 0.15) is 141 Å². The largest absolute Gasteiger partial charge is 3.00 e. The fourth-order valence-electron chi connectivity index (χ4n) is 10.1. The van der Waals surface area contributed by atoms with Crippen molar-refractivity contribution in [2.24, 2.45) is 0 Å². The van der Waals surface area contributed by atoms with Gasteiger partial charge in [-0.25, -0.2) is 0 Å². The third-order valence-corrected chi connectivity index (χ3v) is 14.7. The summed E-state index contributed by atoms with van der Waals surface area (Å²) in [5.41, 5.74) is 0.301. The maximum absolute atomic E-state index is 11.4. The minimum absolute atomic E-state index is 0. The number of carboxylic acid groups (broad SMARTS) is 16. The summed E-state index contributed by atoms with van der Waals surface area (Å²) >= 11 is 0. The molecule has 42 nitrogen and oxygen atoms in total. The number of aromatic carboxylic acids is 4. The van der Waals surface area contributed by atoms with Gasteiger partial charge in [-0.1, -0.05) is 48.5 Å². The zero-order chi connectivity index (χ0) is 79.4. The molecule has 0 bridgehead atoms. The summed E-state index contributed by atoms with van der Waals surface area (Å²) in [4.78, 5) is 182. The average Bonchev–Trinajstić information content (AvgIpc) is 0.827. The van der Waals surface area contributed by atoms with Gasteiger partial charge in [0.1, 0.15) is 26.2 Å². The molecule has 107 heavy (non-hydrogen) atoms. The number of hydrogen-bond acceptors (Lipinski definition) is 28. The molecule has 589 valence electrons. The summed E-state index contributed by atoms with van der Waals surface area (Å²) in [6, 6.07) is 13.1. The molecule has 0 aromatic heterocycles. The van der Waals surface area contributed by atoms with Gasteiger partial charge in [0.25, 0.3) is 0 Å². The maximum atomic E-state index is 11.4. The smallest absolute Gasteiger partial charge is 0.545 e. The van der Waals surface area contributed by atoms with Crippen LogP contribution in [-0.4, -0.2) is 260 Å². The molecule has 0 aliphatic carbocycles. The van der Waals surface area contributed by atoms with E-state index in [9.17, 15) is 97.1 Å². The predicted octanol–water partition coefficient (Wildman–Crippen LogP) is -2.58. The Morgan fingerprint density at radius 3 is 0.579 bits per heavy atom. The quantitative estimate of drug-likeness (QED) is 0.0202. The zero-order valence-electron chi connectivity index (χ0n) is 57.7. The van der Waals surface area contributed by atoms with Crippen LogP contribution in [-0.2, 0) is 74.6 Å². The number of aliphatic carboxylic acids is 12. The van der Waals surface area contributed by atoms with Gasteiger partial charge in [-0.3, -0.25) is 77.1 Å². The Bertz CT molecular complexity index is 3310. The molecule has 4 aromatic carbocycles. The van der Waals surface area contributed by atoms with E-state index in [1.54, 1.807) is 0 Å². The minimum atomic E-state index is -1.51. The molecule has 0 aliphatic rings. The third-order valence-electron chi connectivity index (χ3n) is 14.7. The number of carbonyl (C=O) groups is 16. The average molecular weight is 1560 g/mol. The molecule has 0 fully saturated rings. The van der Waals surface area contributed by atoms with E-state index in [2.05, 4.69) is 21.3 Å². The van der Waals surface area contributed by atoms with Crippen LogP contribution in [0.25, 0.3) is 0 Å². The van der Waals surface area contributed by atoms with Crippen molar-refractivity contribution >= 4 is 118 Å². The molecule has 0 saturated heterocycles. The predicted molar refractivity (Wildman–Crippen MR) is 357 cm³/mol. The van der Waals surface area contributed by atoms with Crippen LogP contribution < -0.4 is 47.8 Å². The van der Waals surface area contributed by atoms with Crippen LogP contribution in [0.15, 0.2) is 72.8 Å². The number of carbonyl (C=O) groups excluding carboxylic acids is 4. The molecule has 4 unspecified atom stereocenters. The molecule has 22 N–H and O–H groups in total. The summed E-state index contributed by atoms with van der Waals surface area (Å²) in [5, 5.41) is 163. The van der Waals surface area contributed by atoms with Crippen LogP contribution in [0.4, 0.5) is 22.7 Å². The van der Waals surface area contributed by atoms with E-state index in [0.717, 1.165) is 0 Å². The molecule has 0 amide bonds. The number of anilines is 4. The Morgan fingerprint density at radius 1 is 0.299 bits per heavy atom. The normalized spacial score (nSPS) is 11.4. The summed E-state index contributed by atoms with van der Waals surface area (Å²) in [5.74, 6) is -20.1. The van der Waals surface area contributed by atoms with Gasteiger partial charge in [-0.2, -0.15) is 0 Å². The van der Waals surface area contributed by atoms with Crippen LogP contribution in [0.2, 0.25) is 0 Å². The standard InChI is InChI=1S/4C16H20N2O8.Fe.H3N.H2O/c4*1-9(18(8-14(23)24)6-5-12(19)20)15-10(16(25)26)3-2-4-11(15)17-7-13(21)22;;;/h4*2-4,9,17H,5-8H2,1H3,(H,19,20)(H,21,22)(H,23,24)(H,25,26);;1H3;1H2/q;;;;+3;;/p-3. The number of benzene rings is 4. The molecule has 4 aromatic rings. The summed E-state index contributed by atoms with van der Waals surface area (Å²) in [6.07, 6.45) is -1.38. The first-order valence-corrected chi connectivity index (χ1v) is 30.4. The van der Waals surface area contributed by atoms with Gasteiger partial charge < -0.3 is 134 Å². The number of nitrogens with one attached hydrogen (secondary N) is 4. The van der Waals surface area contributed by atoms with E-state index in [1.165, 1.54) is 120 Å². The van der Waals surface area contributed by atoms with Crippen molar-refractivity contribution < 1.29 is 181 Å². The van der Waals surface area contributed by atoms with E-state index >= 15 is 0 Å². The number of rotatable bonds is 44. The summed E-state index contributed by atoms with van der Waals surface area (Å²) in [7, 11) is 0. The zero-order valence-corrected chi connectivity index (χ0v) is 58.8. The molecular weight excluding hydrogens is 1480 g/mol. The second-order valence-electron chi connectivity index (χ2n) is 21.9. The first kappa shape index (κ1) is 99.1. The van der Waals surface area contributed by atoms with Crippen molar-refractivity contribution in [3.05, 3.63) is 117 Å². The van der Waals surface area contributed by atoms with Crippen LogP contribution in [0.3, 0.4) is 0 Å². The van der Waals surface area contributed by atoms with Crippen molar-refractivity contribution in [3.63, 3.8) is 0 Å². The Balaban J connectivity index is -0.00000134. The molecule has 43 heteroatoms. The van der Waals surface area contributed by atoms with E-state index in [-0.39, 0.29) is 148 Å². The maximum Gasteiger partial charge on any atom is 3.00 e. The van der Waals surface area contributed by atoms with Crippen LogP contribution >= 0.6 is 0 Å². The third kappa shape index (κ3) is 36.2. The minimum Gasteiger partial charge on any atom is -0.545 e. The van der Waals surface area contributed by atoms with E-state index in [0.29, 0.717) is 0 Å². The second-order valence-corrected chi connectivity index (χ2v) is 21.9. The molecule has 0 saturated carbocycles. The van der Waals surface area contributed by atoms with Crippen molar-refractivity contribution in [1.82, 2.24) is 25.8 Å².